The summed E-state index contributed by atoms with van der Waals surface area (Å²) in [5.41, 5.74) is 0. The third kappa shape index (κ3) is 3.97. The Morgan fingerprint density at radius 1 is 1.40 bits per heavy atom. The summed E-state index contributed by atoms with van der Waals surface area (Å²) in [5, 5.41) is 10.6. The standard InChI is InChI=1S/C9H14N2O4/c12-7-4-6-11(9(15)10-7)5-2-1-3-8(13)14/h1-6H2,(H,13,14)(H,10,12,15). The Morgan fingerprint density at radius 3 is 2.73 bits per heavy atom. The lowest BCUT2D eigenvalue weighted by atomic mass is 10.2. The molecule has 84 valence electrons. The van der Waals surface area contributed by atoms with E-state index in [0.717, 1.165) is 0 Å². The molecular formula is C9H14N2O4. The van der Waals surface area contributed by atoms with Gasteiger partial charge in [0.25, 0.3) is 0 Å². The molecule has 1 aliphatic rings. The highest BCUT2D eigenvalue weighted by Crippen LogP contribution is 2.04. The summed E-state index contributed by atoms with van der Waals surface area (Å²) in [6.07, 6.45) is 1.64. The van der Waals surface area contributed by atoms with Gasteiger partial charge in [-0.15, -0.1) is 0 Å². The van der Waals surface area contributed by atoms with E-state index in [1.54, 1.807) is 0 Å². The van der Waals surface area contributed by atoms with Crippen molar-refractivity contribution in [1.82, 2.24) is 10.2 Å². The summed E-state index contributed by atoms with van der Waals surface area (Å²) in [7, 11) is 0. The molecule has 0 aromatic rings. The average Bonchev–Trinajstić information content (AvgIpc) is 2.14. The molecular weight excluding hydrogens is 200 g/mol. The smallest absolute Gasteiger partial charge is 0.324 e. The molecule has 0 aromatic carbocycles. The van der Waals surface area contributed by atoms with Crippen LogP contribution in [0.1, 0.15) is 25.7 Å². The summed E-state index contributed by atoms with van der Waals surface area (Å²) in [6.45, 7) is 0.935. The van der Waals surface area contributed by atoms with Crippen molar-refractivity contribution < 1.29 is 19.5 Å². The van der Waals surface area contributed by atoms with Crippen LogP contribution in [0.25, 0.3) is 0 Å². The number of nitrogens with zero attached hydrogens (tertiary/aromatic N) is 1. The van der Waals surface area contributed by atoms with E-state index in [9.17, 15) is 14.4 Å². The van der Waals surface area contributed by atoms with Crippen molar-refractivity contribution in [2.75, 3.05) is 13.1 Å². The zero-order valence-corrected chi connectivity index (χ0v) is 8.36. The summed E-state index contributed by atoms with van der Waals surface area (Å²) in [4.78, 5) is 33.8. The number of unbranched alkanes of at least 4 members (excludes halogenated alkanes) is 1. The summed E-state index contributed by atoms with van der Waals surface area (Å²) in [5.74, 6) is -1.07. The lowest BCUT2D eigenvalue weighted by molar-refractivity contribution is -0.137. The van der Waals surface area contributed by atoms with Gasteiger partial charge in [-0.2, -0.15) is 0 Å². The second-order valence-electron chi connectivity index (χ2n) is 3.44. The van der Waals surface area contributed by atoms with Crippen LogP contribution >= 0.6 is 0 Å². The first-order valence-electron chi connectivity index (χ1n) is 4.90. The number of nitrogens with one attached hydrogen (secondary N) is 1. The van der Waals surface area contributed by atoms with Crippen molar-refractivity contribution in [3.05, 3.63) is 0 Å². The molecule has 1 aliphatic heterocycles. The molecule has 0 saturated carbocycles. The van der Waals surface area contributed by atoms with Gasteiger partial charge in [-0.05, 0) is 12.8 Å². The molecule has 3 amide bonds. The Kier molecular flexibility index (Phi) is 4.08. The predicted molar refractivity (Wildman–Crippen MR) is 51.2 cm³/mol. The minimum absolute atomic E-state index is 0.119. The molecule has 0 aromatic heterocycles. The number of carbonyl (C=O) groups is 3. The van der Waals surface area contributed by atoms with Crippen LogP contribution < -0.4 is 5.32 Å². The normalized spacial score (nSPS) is 16.4. The number of imide groups is 1. The van der Waals surface area contributed by atoms with E-state index in [1.807, 2.05) is 0 Å². The van der Waals surface area contributed by atoms with Gasteiger partial charge >= 0.3 is 12.0 Å². The average molecular weight is 214 g/mol. The number of carboxylic acids is 1. The third-order valence-corrected chi connectivity index (χ3v) is 2.21. The van der Waals surface area contributed by atoms with Crippen LogP contribution in [-0.4, -0.2) is 41.0 Å². The number of rotatable bonds is 5. The van der Waals surface area contributed by atoms with Crippen molar-refractivity contribution in [2.24, 2.45) is 0 Å². The zero-order valence-electron chi connectivity index (χ0n) is 8.36. The molecule has 1 rings (SSSR count). The largest absolute Gasteiger partial charge is 0.481 e. The predicted octanol–water partition coefficient (Wildman–Crippen LogP) is 0.183. The van der Waals surface area contributed by atoms with Gasteiger partial charge in [-0.25, -0.2) is 4.79 Å². The van der Waals surface area contributed by atoms with E-state index in [0.29, 0.717) is 32.4 Å². The molecule has 0 atom stereocenters. The maximum atomic E-state index is 11.2. The number of hydrogen-bond acceptors (Lipinski definition) is 3. The molecule has 6 heteroatoms. The Balaban J connectivity index is 2.18. The van der Waals surface area contributed by atoms with Crippen LogP contribution in [0.3, 0.4) is 0 Å². The van der Waals surface area contributed by atoms with E-state index >= 15 is 0 Å². The number of urea groups is 1. The van der Waals surface area contributed by atoms with Crippen molar-refractivity contribution in [2.45, 2.75) is 25.7 Å². The van der Waals surface area contributed by atoms with Crippen molar-refractivity contribution in [3.8, 4) is 0 Å². The highest BCUT2D eigenvalue weighted by atomic mass is 16.4. The molecule has 1 fully saturated rings. The number of carboxylic acid groups (broad SMARTS) is 1. The quantitative estimate of drug-likeness (QED) is 0.639. The first-order valence-corrected chi connectivity index (χ1v) is 4.90. The van der Waals surface area contributed by atoms with Crippen LogP contribution in [0.4, 0.5) is 4.79 Å². The molecule has 0 unspecified atom stereocenters. The van der Waals surface area contributed by atoms with Crippen molar-refractivity contribution >= 4 is 17.9 Å². The van der Waals surface area contributed by atoms with E-state index in [2.05, 4.69) is 5.32 Å². The summed E-state index contributed by atoms with van der Waals surface area (Å²) < 4.78 is 0. The number of aliphatic carboxylic acids is 1. The van der Waals surface area contributed by atoms with Gasteiger partial charge in [0.1, 0.15) is 0 Å². The van der Waals surface area contributed by atoms with Crippen molar-refractivity contribution in [3.63, 3.8) is 0 Å². The Hall–Kier alpha value is -1.59. The highest BCUT2D eigenvalue weighted by Gasteiger charge is 2.21. The molecule has 6 nitrogen and oxygen atoms in total. The maximum Gasteiger partial charge on any atom is 0.324 e. The van der Waals surface area contributed by atoms with Crippen LogP contribution in [0, 0.1) is 0 Å². The lowest BCUT2D eigenvalue weighted by Gasteiger charge is -2.26. The van der Waals surface area contributed by atoms with Gasteiger partial charge < -0.3 is 10.0 Å². The lowest BCUT2D eigenvalue weighted by Crippen LogP contribution is -2.49. The number of hydrogen-bond donors (Lipinski definition) is 2. The van der Waals surface area contributed by atoms with E-state index < -0.39 is 5.97 Å². The van der Waals surface area contributed by atoms with Gasteiger partial charge in [0.15, 0.2) is 0 Å². The second-order valence-corrected chi connectivity index (χ2v) is 3.44. The SMILES string of the molecule is O=C(O)CCCCN1CCC(=O)NC1=O. The minimum Gasteiger partial charge on any atom is -0.481 e. The number of carbonyl (C=O) groups excluding carboxylic acids is 2. The van der Waals surface area contributed by atoms with Crippen LogP contribution in [-0.2, 0) is 9.59 Å². The summed E-state index contributed by atoms with van der Waals surface area (Å²) >= 11 is 0. The maximum absolute atomic E-state index is 11.2. The summed E-state index contributed by atoms with van der Waals surface area (Å²) in [6, 6.07) is -0.374. The molecule has 0 bridgehead atoms. The molecule has 1 heterocycles. The fraction of sp³-hybridized carbons (Fsp3) is 0.667. The van der Waals surface area contributed by atoms with Crippen LogP contribution in [0.2, 0.25) is 0 Å². The topological polar surface area (TPSA) is 86.7 Å². The minimum atomic E-state index is -0.826. The van der Waals surface area contributed by atoms with Gasteiger partial charge in [0.2, 0.25) is 5.91 Å². The molecule has 0 aliphatic carbocycles. The Labute approximate surface area is 87.2 Å². The first-order chi connectivity index (χ1) is 7.09. The van der Waals surface area contributed by atoms with E-state index in [4.69, 9.17) is 5.11 Å². The fourth-order valence-corrected chi connectivity index (χ4v) is 1.39. The second kappa shape index (κ2) is 5.33. The molecule has 0 radical (unpaired) electrons. The van der Waals surface area contributed by atoms with Crippen molar-refractivity contribution in [1.29, 1.82) is 0 Å². The molecule has 0 spiro atoms. The Bertz CT molecular complexity index is 277. The van der Waals surface area contributed by atoms with Gasteiger partial charge in [-0.1, -0.05) is 0 Å². The zero-order chi connectivity index (χ0) is 11.3. The van der Waals surface area contributed by atoms with Gasteiger partial charge in [0, 0.05) is 25.9 Å². The monoisotopic (exact) mass is 214 g/mol. The van der Waals surface area contributed by atoms with Crippen LogP contribution in [0.5, 0.6) is 0 Å². The fourth-order valence-electron chi connectivity index (χ4n) is 1.39. The highest BCUT2D eigenvalue weighted by molar-refractivity contribution is 5.96. The first kappa shape index (κ1) is 11.5. The molecule has 2 N–H and O–H groups in total. The number of amides is 3. The van der Waals surface area contributed by atoms with Gasteiger partial charge in [0.05, 0.1) is 0 Å². The van der Waals surface area contributed by atoms with Gasteiger partial charge in [-0.3, -0.25) is 14.9 Å². The van der Waals surface area contributed by atoms with E-state index in [1.165, 1.54) is 4.90 Å². The van der Waals surface area contributed by atoms with Crippen LogP contribution in [0.15, 0.2) is 0 Å². The molecule has 15 heavy (non-hydrogen) atoms. The Morgan fingerprint density at radius 2 is 2.13 bits per heavy atom. The van der Waals surface area contributed by atoms with E-state index in [-0.39, 0.29) is 18.4 Å². The third-order valence-electron chi connectivity index (χ3n) is 2.21. The molecule has 1 saturated heterocycles.